The average Bonchev–Trinajstić information content (AvgIpc) is 2.64. The number of hydrogen-bond donors (Lipinski definition) is 0. The van der Waals surface area contributed by atoms with E-state index in [2.05, 4.69) is 6.58 Å². The van der Waals surface area contributed by atoms with Crippen molar-refractivity contribution in [2.45, 2.75) is 30.9 Å². The normalized spacial score (nSPS) is 23.3. The van der Waals surface area contributed by atoms with E-state index >= 15 is 0 Å². The second-order valence-electron chi connectivity index (χ2n) is 4.43. The van der Waals surface area contributed by atoms with E-state index < -0.39 is 28.3 Å². The van der Waals surface area contributed by atoms with E-state index in [1.165, 1.54) is 18.2 Å². The molecule has 0 unspecified atom stereocenters. The van der Waals surface area contributed by atoms with Crippen LogP contribution in [0.2, 0.25) is 0 Å². The molecule has 6 heteroatoms. The topological polar surface area (TPSA) is 63.7 Å². The third kappa shape index (κ3) is 2.23. The van der Waals surface area contributed by atoms with Gasteiger partial charge in [0.2, 0.25) is 0 Å². The summed E-state index contributed by atoms with van der Waals surface area (Å²) in [6.07, 6.45) is 0.00426. The molecule has 0 bridgehead atoms. The summed E-state index contributed by atoms with van der Waals surface area (Å²) in [6, 6.07) is 5.63. The molecule has 5 nitrogen and oxygen atoms in total. The molecule has 0 aliphatic carbocycles. The second kappa shape index (κ2) is 4.70. The third-order valence-electron chi connectivity index (χ3n) is 3.04. The summed E-state index contributed by atoms with van der Waals surface area (Å²) in [7, 11) is -3.91. The maximum Gasteiger partial charge on any atom is 0.424 e. The molecule has 1 aromatic rings. The fourth-order valence-electron chi connectivity index (χ4n) is 1.96. The van der Waals surface area contributed by atoms with Crippen LogP contribution < -0.4 is 0 Å². The molecule has 0 radical (unpaired) electrons. The Morgan fingerprint density at radius 3 is 2.42 bits per heavy atom. The van der Waals surface area contributed by atoms with Gasteiger partial charge in [0.05, 0.1) is 4.90 Å². The third-order valence-corrected chi connectivity index (χ3v) is 4.82. The SMILES string of the molecule is C=C[C@@H]1[C@H](C)OC(=O)N1S(=O)(=O)c1ccc(C)cc1. The summed E-state index contributed by atoms with van der Waals surface area (Å²) >= 11 is 0. The molecule has 19 heavy (non-hydrogen) atoms. The maximum atomic E-state index is 12.4. The first-order valence-corrected chi connectivity index (χ1v) is 7.26. The number of rotatable bonds is 3. The molecule has 1 fully saturated rings. The van der Waals surface area contributed by atoms with Crippen LogP contribution in [0.5, 0.6) is 0 Å². The van der Waals surface area contributed by atoms with Crippen LogP contribution >= 0.6 is 0 Å². The Morgan fingerprint density at radius 2 is 1.89 bits per heavy atom. The van der Waals surface area contributed by atoms with Gasteiger partial charge in [-0.15, -0.1) is 6.58 Å². The summed E-state index contributed by atoms with van der Waals surface area (Å²) in [5.74, 6) is 0. The second-order valence-corrected chi connectivity index (χ2v) is 6.24. The first-order chi connectivity index (χ1) is 8.87. The van der Waals surface area contributed by atoms with E-state index in [4.69, 9.17) is 4.74 Å². The van der Waals surface area contributed by atoms with E-state index in [1.54, 1.807) is 19.1 Å². The van der Waals surface area contributed by atoms with Crippen LogP contribution in [0.1, 0.15) is 12.5 Å². The monoisotopic (exact) mass is 281 g/mol. The molecule has 102 valence electrons. The lowest BCUT2D eigenvalue weighted by atomic mass is 10.2. The predicted molar refractivity (Wildman–Crippen MR) is 70.1 cm³/mol. The van der Waals surface area contributed by atoms with Crippen molar-refractivity contribution in [1.29, 1.82) is 0 Å². The molecule has 2 atom stereocenters. The number of carbonyl (C=O) groups excluding carboxylic acids is 1. The van der Waals surface area contributed by atoms with E-state index in [0.717, 1.165) is 9.87 Å². The molecule has 1 aliphatic rings. The van der Waals surface area contributed by atoms with Gasteiger partial charge in [-0.25, -0.2) is 13.2 Å². The lowest BCUT2D eigenvalue weighted by molar-refractivity contribution is 0.142. The Hall–Kier alpha value is -1.82. The molecular weight excluding hydrogens is 266 g/mol. The minimum atomic E-state index is -3.91. The molecule has 0 saturated carbocycles. The van der Waals surface area contributed by atoms with E-state index in [0.29, 0.717) is 0 Å². The first kappa shape index (κ1) is 13.6. The summed E-state index contributed by atoms with van der Waals surface area (Å²) < 4.78 is 30.6. The Balaban J connectivity index is 2.47. The molecule has 1 aliphatic heterocycles. The van der Waals surface area contributed by atoms with Gasteiger partial charge in [0.1, 0.15) is 12.1 Å². The molecule has 0 spiro atoms. The first-order valence-electron chi connectivity index (χ1n) is 5.82. The van der Waals surface area contributed by atoms with Gasteiger partial charge >= 0.3 is 6.09 Å². The number of amides is 1. The van der Waals surface area contributed by atoms with Crippen molar-refractivity contribution in [3.63, 3.8) is 0 Å². The van der Waals surface area contributed by atoms with Gasteiger partial charge in [-0.2, -0.15) is 4.31 Å². The van der Waals surface area contributed by atoms with Crippen molar-refractivity contribution >= 4 is 16.1 Å². The molecule has 2 rings (SSSR count). The molecule has 0 aromatic heterocycles. The summed E-state index contributed by atoms with van der Waals surface area (Å²) in [4.78, 5) is 11.8. The Labute approximate surface area is 112 Å². The highest BCUT2D eigenvalue weighted by molar-refractivity contribution is 7.89. The summed E-state index contributed by atoms with van der Waals surface area (Å²) in [5.41, 5.74) is 0.941. The van der Waals surface area contributed by atoms with E-state index in [-0.39, 0.29) is 4.90 Å². The quantitative estimate of drug-likeness (QED) is 0.796. The zero-order chi connectivity index (χ0) is 14.2. The highest BCUT2D eigenvalue weighted by Crippen LogP contribution is 2.28. The zero-order valence-corrected chi connectivity index (χ0v) is 11.6. The number of sulfonamides is 1. The molecule has 1 heterocycles. The smallest absolute Gasteiger partial charge is 0.424 e. The molecule has 1 saturated heterocycles. The lowest BCUT2D eigenvalue weighted by Crippen LogP contribution is -2.39. The van der Waals surface area contributed by atoms with Crippen molar-refractivity contribution < 1.29 is 17.9 Å². The summed E-state index contributed by atoms with van der Waals surface area (Å²) in [5, 5.41) is 0. The minimum absolute atomic E-state index is 0.0657. The number of nitrogens with zero attached hydrogens (tertiary/aromatic N) is 1. The van der Waals surface area contributed by atoms with Crippen LogP contribution in [0.15, 0.2) is 41.8 Å². The van der Waals surface area contributed by atoms with Crippen molar-refractivity contribution in [3.05, 3.63) is 42.5 Å². The van der Waals surface area contributed by atoms with Crippen LogP contribution in [0.4, 0.5) is 4.79 Å². The maximum absolute atomic E-state index is 12.4. The van der Waals surface area contributed by atoms with Gasteiger partial charge in [-0.05, 0) is 26.0 Å². The fourth-order valence-corrected chi connectivity index (χ4v) is 3.49. The number of carbonyl (C=O) groups is 1. The molecule has 1 amide bonds. The number of aryl methyl sites for hydroxylation is 1. The number of ether oxygens (including phenoxy) is 1. The summed E-state index contributed by atoms with van der Waals surface area (Å²) in [6.45, 7) is 7.05. The van der Waals surface area contributed by atoms with Crippen molar-refractivity contribution in [1.82, 2.24) is 4.31 Å². The number of benzene rings is 1. The van der Waals surface area contributed by atoms with Gasteiger partial charge < -0.3 is 4.74 Å². The number of hydrogen-bond acceptors (Lipinski definition) is 4. The van der Waals surface area contributed by atoms with Crippen LogP contribution in [0, 0.1) is 6.92 Å². The fraction of sp³-hybridized carbons (Fsp3) is 0.308. The van der Waals surface area contributed by atoms with Crippen LogP contribution in [0.25, 0.3) is 0 Å². The van der Waals surface area contributed by atoms with Gasteiger partial charge in [-0.1, -0.05) is 23.8 Å². The van der Waals surface area contributed by atoms with Crippen molar-refractivity contribution in [2.75, 3.05) is 0 Å². The van der Waals surface area contributed by atoms with Gasteiger partial charge in [0.15, 0.2) is 0 Å². The van der Waals surface area contributed by atoms with E-state index in [9.17, 15) is 13.2 Å². The van der Waals surface area contributed by atoms with E-state index in [1.807, 2.05) is 6.92 Å². The Morgan fingerprint density at radius 1 is 1.32 bits per heavy atom. The Kier molecular flexibility index (Phi) is 3.36. The molecular formula is C13H15NO4S. The van der Waals surface area contributed by atoms with Gasteiger partial charge in [0, 0.05) is 0 Å². The standard InChI is InChI=1S/C13H15NO4S/c1-4-12-10(3)18-13(15)14(12)19(16,17)11-7-5-9(2)6-8-11/h4-8,10,12H,1H2,2-3H3/t10-,12+/m0/s1. The molecule has 1 aromatic carbocycles. The lowest BCUT2D eigenvalue weighted by Gasteiger charge is -2.19. The Bertz CT molecular complexity index is 606. The van der Waals surface area contributed by atoms with Crippen LogP contribution in [-0.4, -0.2) is 31.0 Å². The molecule has 0 N–H and O–H groups in total. The number of cyclic esters (lactones) is 1. The highest BCUT2D eigenvalue weighted by Gasteiger charge is 2.45. The van der Waals surface area contributed by atoms with Gasteiger partial charge in [-0.3, -0.25) is 0 Å². The average molecular weight is 281 g/mol. The predicted octanol–water partition coefficient (Wildman–Crippen LogP) is 2.08. The van der Waals surface area contributed by atoms with Crippen molar-refractivity contribution in [3.8, 4) is 0 Å². The highest BCUT2D eigenvalue weighted by atomic mass is 32.2. The largest absolute Gasteiger partial charge is 0.443 e. The van der Waals surface area contributed by atoms with Gasteiger partial charge in [0.25, 0.3) is 10.0 Å². The van der Waals surface area contributed by atoms with Crippen LogP contribution in [0.3, 0.4) is 0 Å². The van der Waals surface area contributed by atoms with Crippen LogP contribution in [-0.2, 0) is 14.8 Å². The zero-order valence-electron chi connectivity index (χ0n) is 10.7. The van der Waals surface area contributed by atoms with Crippen molar-refractivity contribution in [2.24, 2.45) is 0 Å². The minimum Gasteiger partial charge on any atom is -0.443 e.